The van der Waals surface area contributed by atoms with E-state index in [1.54, 1.807) is 12.1 Å². The molecule has 43 heavy (non-hydrogen) atoms. The van der Waals surface area contributed by atoms with Crippen LogP contribution in [0.2, 0.25) is 10.0 Å². The number of hydrogen-bond donors (Lipinski definition) is 1. The van der Waals surface area contributed by atoms with Gasteiger partial charge in [-0.15, -0.1) is 0 Å². The van der Waals surface area contributed by atoms with E-state index in [0.29, 0.717) is 17.5 Å². The van der Waals surface area contributed by atoms with Crippen LogP contribution < -0.4 is 0 Å². The molecular weight excluding hydrogens is 577 g/mol. The lowest BCUT2D eigenvalue weighted by Crippen LogP contribution is -2.34. The van der Waals surface area contributed by atoms with Gasteiger partial charge < -0.3 is 9.67 Å². The molecule has 0 amide bonds. The number of halogens is 2. The predicted molar refractivity (Wildman–Crippen MR) is 173 cm³/mol. The Bertz CT molecular complexity index is 1720. The summed E-state index contributed by atoms with van der Waals surface area (Å²) < 4.78 is 2.56. The maximum Gasteiger partial charge on any atom is 0.335 e. The molecule has 218 valence electrons. The summed E-state index contributed by atoms with van der Waals surface area (Å²) >= 11 is 12.5. The van der Waals surface area contributed by atoms with Crippen LogP contribution in [0.1, 0.15) is 82.0 Å². The Morgan fingerprint density at radius 2 is 1.44 bits per heavy atom. The molecule has 0 bridgehead atoms. The van der Waals surface area contributed by atoms with Crippen LogP contribution >= 0.6 is 23.2 Å². The fourth-order valence-corrected chi connectivity index (χ4v) is 6.86. The lowest BCUT2D eigenvalue weighted by atomic mass is 9.85. The number of hydrogen-bond acceptors (Lipinski definition) is 3. The van der Waals surface area contributed by atoms with Crippen LogP contribution in [0.3, 0.4) is 0 Å². The van der Waals surface area contributed by atoms with Crippen molar-refractivity contribution >= 4 is 40.2 Å². The zero-order chi connectivity index (χ0) is 29.5. The Kier molecular flexibility index (Phi) is 7.72. The van der Waals surface area contributed by atoms with Crippen LogP contribution in [-0.2, 0) is 6.54 Å². The van der Waals surface area contributed by atoms with Crippen molar-refractivity contribution < 1.29 is 9.90 Å². The quantitative estimate of drug-likeness (QED) is 0.178. The molecule has 1 aliphatic carbocycles. The Morgan fingerprint density at radius 3 is 2.05 bits per heavy atom. The van der Waals surface area contributed by atoms with Gasteiger partial charge in [-0.1, -0.05) is 65.7 Å². The number of carboxylic acid groups (broad SMARTS) is 1. The fraction of sp³-hybridized carbons (Fsp3) is 0.278. The van der Waals surface area contributed by atoms with Gasteiger partial charge in [-0.2, -0.15) is 0 Å². The molecule has 2 fully saturated rings. The molecule has 0 unspecified atom stereocenters. The molecule has 1 N–H and O–H groups in total. The topological polar surface area (TPSA) is 58.4 Å². The second-order valence-electron chi connectivity index (χ2n) is 11.9. The number of imidazole rings is 1. The van der Waals surface area contributed by atoms with Crippen molar-refractivity contribution in [3.05, 3.63) is 135 Å². The summed E-state index contributed by atoms with van der Waals surface area (Å²) in [5.74, 6) is 0.925. The van der Waals surface area contributed by atoms with E-state index >= 15 is 0 Å². The zero-order valence-electron chi connectivity index (χ0n) is 23.8. The summed E-state index contributed by atoms with van der Waals surface area (Å²) in [4.78, 5) is 19.1. The normalized spacial score (nSPS) is 16.3. The summed E-state index contributed by atoms with van der Waals surface area (Å²) in [5, 5.41) is 10.8. The van der Waals surface area contributed by atoms with Crippen LogP contribution in [0.25, 0.3) is 11.0 Å². The summed E-state index contributed by atoms with van der Waals surface area (Å²) in [7, 11) is 0. The van der Waals surface area contributed by atoms with E-state index in [1.165, 1.54) is 40.9 Å². The molecule has 5 aromatic rings. The SMILES string of the molecule is O=C(O)c1cccc(CN2CCC(n3c(C4CC4)nc4ccc(C(c5ccc(Cl)cc5)c5ccc(Cl)cc5)cc43)CC2)c1. The molecule has 7 rings (SSSR count). The number of rotatable bonds is 8. The van der Waals surface area contributed by atoms with E-state index in [2.05, 4.69) is 51.9 Å². The molecule has 1 saturated carbocycles. The third kappa shape index (κ3) is 5.95. The highest BCUT2D eigenvalue weighted by atomic mass is 35.5. The van der Waals surface area contributed by atoms with Crippen molar-refractivity contribution in [2.75, 3.05) is 13.1 Å². The number of nitrogens with zero attached hydrogens (tertiary/aromatic N) is 3. The molecule has 1 aromatic heterocycles. The van der Waals surface area contributed by atoms with Gasteiger partial charge in [0.15, 0.2) is 0 Å². The number of likely N-dealkylation sites (tertiary alicyclic amines) is 1. The number of aromatic carboxylic acids is 1. The average molecular weight is 611 g/mol. The highest BCUT2D eigenvalue weighted by Gasteiger charge is 2.33. The number of benzene rings is 4. The van der Waals surface area contributed by atoms with Crippen molar-refractivity contribution in [2.24, 2.45) is 0 Å². The molecule has 4 aromatic carbocycles. The summed E-state index contributed by atoms with van der Waals surface area (Å²) in [6.07, 6.45) is 4.47. The molecule has 2 aliphatic rings. The van der Waals surface area contributed by atoms with E-state index < -0.39 is 5.97 Å². The number of carbonyl (C=O) groups is 1. The number of aromatic nitrogens is 2. The number of piperidine rings is 1. The second-order valence-corrected chi connectivity index (χ2v) is 12.8. The highest BCUT2D eigenvalue weighted by molar-refractivity contribution is 6.30. The Hall–Kier alpha value is -3.64. The molecule has 5 nitrogen and oxygen atoms in total. The minimum absolute atomic E-state index is 0.0371. The van der Waals surface area contributed by atoms with Gasteiger partial charge in [0.1, 0.15) is 5.82 Å². The molecular formula is C36H33Cl2N3O2. The molecule has 1 saturated heterocycles. The van der Waals surface area contributed by atoms with Crippen molar-refractivity contribution in [3.8, 4) is 0 Å². The van der Waals surface area contributed by atoms with E-state index in [1.807, 2.05) is 36.4 Å². The van der Waals surface area contributed by atoms with Crippen molar-refractivity contribution in [2.45, 2.75) is 50.1 Å². The van der Waals surface area contributed by atoms with Crippen LogP contribution in [0, 0.1) is 0 Å². The van der Waals surface area contributed by atoms with Gasteiger partial charge in [0, 0.05) is 47.6 Å². The Balaban J connectivity index is 1.21. The minimum Gasteiger partial charge on any atom is -0.478 e. The summed E-state index contributed by atoms with van der Waals surface area (Å²) in [6, 6.07) is 30.7. The number of fused-ring (bicyclic) bond motifs is 1. The maximum absolute atomic E-state index is 11.4. The zero-order valence-corrected chi connectivity index (χ0v) is 25.3. The Morgan fingerprint density at radius 1 is 0.814 bits per heavy atom. The first-order chi connectivity index (χ1) is 20.9. The van der Waals surface area contributed by atoms with Crippen LogP contribution in [0.4, 0.5) is 0 Å². The van der Waals surface area contributed by atoms with E-state index in [0.717, 1.165) is 53.6 Å². The van der Waals surface area contributed by atoms with Crippen LogP contribution in [0.5, 0.6) is 0 Å². The van der Waals surface area contributed by atoms with Gasteiger partial charge in [0.25, 0.3) is 0 Å². The second kappa shape index (κ2) is 11.8. The Labute approximate surface area is 261 Å². The molecule has 1 aliphatic heterocycles. The first-order valence-electron chi connectivity index (χ1n) is 15.0. The van der Waals surface area contributed by atoms with Gasteiger partial charge >= 0.3 is 5.97 Å². The van der Waals surface area contributed by atoms with Crippen molar-refractivity contribution in [3.63, 3.8) is 0 Å². The number of carboxylic acids is 1. The molecule has 0 radical (unpaired) electrons. The molecule has 0 atom stereocenters. The van der Waals surface area contributed by atoms with Crippen molar-refractivity contribution in [1.29, 1.82) is 0 Å². The van der Waals surface area contributed by atoms with E-state index in [4.69, 9.17) is 28.2 Å². The molecule has 0 spiro atoms. The lowest BCUT2D eigenvalue weighted by molar-refractivity contribution is 0.0696. The summed E-state index contributed by atoms with van der Waals surface area (Å²) in [5.41, 5.74) is 7.24. The smallest absolute Gasteiger partial charge is 0.335 e. The van der Waals surface area contributed by atoms with E-state index in [-0.39, 0.29) is 5.92 Å². The average Bonchev–Trinajstić information content (AvgIpc) is 3.80. The van der Waals surface area contributed by atoms with Gasteiger partial charge in [0.2, 0.25) is 0 Å². The van der Waals surface area contributed by atoms with Crippen LogP contribution in [0.15, 0.2) is 91.0 Å². The van der Waals surface area contributed by atoms with Gasteiger partial charge in [-0.3, -0.25) is 4.90 Å². The lowest BCUT2D eigenvalue weighted by Gasteiger charge is -2.34. The molecule has 7 heteroatoms. The largest absolute Gasteiger partial charge is 0.478 e. The standard InChI is InChI=1S/C36H33Cl2N3O2/c37-29-11-6-24(7-12-29)34(25-8-13-30(38)14-9-25)27-10-15-32-33(21-27)41(35(39-32)26-4-5-26)31-16-18-40(19-17-31)22-23-2-1-3-28(20-23)36(42)43/h1-3,6-15,20-21,26,31,34H,4-5,16-19,22H2,(H,42,43). The minimum atomic E-state index is -0.881. The predicted octanol–water partition coefficient (Wildman–Crippen LogP) is 8.94. The maximum atomic E-state index is 11.4. The van der Waals surface area contributed by atoms with Crippen molar-refractivity contribution in [1.82, 2.24) is 14.5 Å². The van der Waals surface area contributed by atoms with Gasteiger partial charge in [-0.25, -0.2) is 9.78 Å². The highest BCUT2D eigenvalue weighted by Crippen LogP contribution is 2.44. The fourth-order valence-electron chi connectivity index (χ4n) is 6.61. The van der Waals surface area contributed by atoms with Gasteiger partial charge in [0.05, 0.1) is 16.6 Å². The van der Waals surface area contributed by atoms with E-state index in [9.17, 15) is 9.90 Å². The summed E-state index contributed by atoms with van der Waals surface area (Å²) in [6.45, 7) is 2.69. The van der Waals surface area contributed by atoms with Crippen LogP contribution in [-0.4, -0.2) is 38.6 Å². The first kappa shape index (κ1) is 28.1. The third-order valence-corrected chi connectivity index (χ3v) is 9.43. The monoisotopic (exact) mass is 609 g/mol. The first-order valence-corrected chi connectivity index (χ1v) is 15.8. The van der Waals surface area contributed by atoms with Gasteiger partial charge in [-0.05, 0) is 96.5 Å². The molecule has 2 heterocycles. The third-order valence-electron chi connectivity index (χ3n) is 8.93.